The molecule has 1 atom stereocenters. The van der Waals surface area contributed by atoms with Crippen LogP contribution in [0.4, 0.5) is 5.95 Å². The Morgan fingerprint density at radius 2 is 1.81 bits per heavy atom. The molecule has 1 amide bonds. The number of rotatable bonds is 3. The summed E-state index contributed by atoms with van der Waals surface area (Å²) in [6.45, 7) is 6.13. The van der Waals surface area contributed by atoms with E-state index in [9.17, 15) is 4.79 Å². The third-order valence-electron chi connectivity index (χ3n) is 7.46. The first-order valence-electron chi connectivity index (χ1n) is 10.1. The Labute approximate surface area is 155 Å². The summed E-state index contributed by atoms with van der Waals surface area (Å²) >= 11 is 0. The summed E-state index contributed by atoms with van der Waals surface area (Å²) in [5.41, 5.74) is -0.166. The number of aromatic nitrogens is 2. The van der Waals surface area contributed by atoms with Crippen molar-refractivity contribution in [3.63, 3.8) is 0 Å². The first-order valence-corrected chi connectivity index (χ1v) is 10.1. The van der Waals surface area contributed by atoms with E-state index in [1.165, 1.54) is 19.4 Å². The molecule has 26 heavy (non-hydrogen) atoms. The molecule has 3 aliphatic heterocycles. The number of hydrogen-bond acceptors (Lipinski definition) is 5. The molecular formula is C20H29N5O. The van der Waals surface area contributed by atoms with Crippen molar-refractivity contribution >= 4 is 11.9 Å². The summed E-state index contributed by atoms with van der Waals surface area (Å²) in [4.78, 5) is 29.1. The molecular weight excluding hydrogens is 326 g/mol. The Hall–Kier alpha value is -1.69. The smallest absolute Gasteiger partial charge is 0.231 e. The summed E-state index contributed by atoms with van der Waals surface area (Å²) in [5, 5.41) is 0. The van der Waals surface area contributed by atoms with E-state index >= 15 is 0 Å². The van der Waals surface area contributed by atoms with Gasteiger partial charge in [0.05, 0.1) is 5.41 Å². The van der Waals surface area contributed by atoms with Gasteiger partial charge in [0.1, 0.15) is 0 Å². The van der Waals surface area contributed by atoms with E-state index in [1.807, 2.05) is 18.0 Å². The van der Waals surface area contributed by atoms with Gasteiger partial charge in [-0.3, -0.25) is 4.79 Å². The third-order valence-corrected chi connectivity index (χ3v) is 7.46. The molecule has 5 rings (SSSR count). The molecule has 1 aliphatic carbocycles. The summed E-state index contributed by atoms with van der Waals surface area (Å²) in [5.74, 6) is 2.08. The number of nitrogens with zero attached hydrogens (tertiary/aromatic N) is 5. The number of likely N-dealkylation sites (tertiary alicyclic amines) is 2. The molecule has 0 N–H and O–H groups in total. The average molecular weight is 355 g/mol. The number of fused-ring (bicyclic) bond motifs is 1. The van der Waals surface area contributed by atoms with Crippen LogP contribution in [0.3, 0.4) is 0 Å². The lowest BCUT2D eigenvalue weighted by Gasteiger charge is -2.46. The van der Waals surface area contributed by atoms with Crippen LogP contribution in [-0.4, -0.2) is 72.0 Å². The third kappa shape index (κ3) is 2.45. The maximum absolute atomic E-state index is 13.3. The Bertz CT molecular complexity index is 683. The van der Waals surface area contributed by atoms with Gasteiger partial charge in [-0.15, -0.1) is 0 Å². The lowest BCUT2D eigenvalue weighted by atomic mass is 9.60. The molecule has 1 aromatic rings. The zero-order valence-electron chi connectivity index (χ0n) is 15.7. The van der Waals surface area contributed by atoms with E-state index in [0.717, 1.165) is 63.9 Å². The molecule has 3 saturated heterocycles. The van der Waals surface area contributed by atoms with Crippen LogP contribution >= 0.6 is 0 Å². The van der Waals surface area contributed by atoms with Gasteiger partial charge in [-0.05, 0) is 57.2 Å². The van der Waals surface area contributed by atoms with Gasteiger partial charge in [0.2, 0.25) is 11.9 Å². The van der Waals surface area contributed by atoms with Gasteiger partial charge in [0.15, 0.2) is 0 Å². The first-order chi connectivity index (χ1) is 12.6. The Morgan fingerprint density at radius 1 is 1.08 bits per heavy atom. The second-order valence-electron chi connectivity index (χ2n) is 8.99. The van der Waals surface area contributed by atoms with Crippen molar-refractivity contribution in [1.82, 2.24) is 19.8 Å². The van der Waals surface area contributed by atoms with Crippen molar-refractivity contribution in [3.05, 3.63) is 18.5 Å². The minimum atomic E-state index is -0.243. The maximum Gasteiger partial charge on any atom is 0.231 e. The normalized spacial score (nSPS) is 31.5. The summed E-state index contributed by atoms with van der Waals surface area (Å²) < 4.78 is 0. The number of hydrogen-bond donors (Lipinski definition) is 0. The van der Waals surface area contributed by atoms with Crippen molar-refractivity contribution in [1.29, 1.82) is 0 Å². The summed E-state index contributed by atoms with van der Waals surface area (Å²) in [6, 6.07) is 1.86. The second kappa shape index (κ2) is 5.91. The van der Waals surface area contributed by atoms with Crippen LogP contribution in [-0.2, 0) is 4.79 Å². The van der Waals surface area contributed by atoms with Gasteiger partial charge in [-0.2, -0.15) is 0 Å². The van der Waals surface area contributed by atoms with E-state index in [4.69, 9.17) is 0 Å². The van der Waals surface area contributed by atoms with Gasteiger partial charge >= 0.3 is 0 Å². The standard InChI is InChI=1S/C20H29N5O/c1-23-10-7-20(17(23)26)15-25(18-21-8-2-9-22-18)14-19(20)5-11-24(12-6-19)13-16-3-4-16/h2,8-9,16H,3-7,10-15H2,1H3/t20-/m0/s1. The zero-order chi connectivity index (χ0) is 17.8. The van der Waals surface area contributed by atoms with Gasteiger partial charge < -0.3 is 14.7 Å². The minimum Gasteiger partial charge on any atom is -0.345 e. The fourth-order valence-corrected chi connectivity index (χ4v) is 5.70. The van der Waals surface area contributed by atoms with E-state index in [1.54, 1.807) is 12.4 Å². The molecule has 6 nitrogen and oxygen atoms in total. The largest absolute Gasteiger partial charge is 0.345 e. The zero-order valence-corrected chi connectivity index (χ0v) is 15.7. The van der Waals surface area contributed by atoms with Gasteiger partial charge in [-0.25, -0.2) is 9.97 Å². The van der Waals surface area contributed by atoms with E-state index in [2.05, 4.69) is 19.8 Å². The van der Waals surface area contributed by atoms with Gasteiger partial charge in [0, 0.05) is 51.0 Å². The molecule has 4 fully saturated rings. The molecule has 4 aliphatic rings. The molecule has 0 bridgehead atoms. The van der Waals surface area contributed by atoms with Crippen LogP contribution in [0, 0.1) is 16.7 Å². The van der Waals surface area contributed by atoms with Crippen molar-refractivity contribution in [2.75, 3.05) is 51.2 Å². The summed E-state index contributed by atoms with van der Waals surface area (Å²) in [6.07, 6.45) is 9.67. The van der Waals surface area contributed by atoms with Crippen LogP contribution in [0.5, 0.6) is 0 Å². The fourth-order valence-electron chi connectivity index (χ4n) is 5.70. The molecule has 1 saturated carbocycles. The van der Waals surface area contributed by atoms with Gasteiger partial charge in [-0.1, -0.05) is 0 Å². The van der Waals surface area contributed by atoms with Crippen molar-refractivity contribution in [2.45, 2.75) is 32.1 Å². The molecule has 2 spiro atoms. The predicted octanol–water partition coefficient (Wildman–Crippen LogP) is 1.64. The molecule has 4 heterocycles. The van der Waals surface area contributed by atoms with E-state index in [0.29, 0.717) is 5.91 Å². The van der Waals surface area contributed by atoms with Gasteiger partial charge in [0.25, 0.3) is 0 Å². The number of amides is 1. The van der Waals surface area contributed by atoms with Crippen LogP contribution in [0.15, 0.2) is 18.5 Å². The molecule has 0 radical (unpaired) electrons. The number of anilines is 1. The Kier molecular flexibility index (Phi) is 3.75. The highest BCUT2D eigenvalue weighted by Crippen LogP contribution is 2.58. The topological polar surface area (TPSA) is 52.6 Å². The number of piperidine rings is 1. The highest BCUT2D eigenvalue weighted by atomic mass is 16.2. The minimum absolute atomic E-state index is 0.0775. The van der Waals surface area contributed by atoms with E-state index < -0.39 is 0 Å². The molecule has 140 valence electrons. The lowest BCUT2D eigenvalue weighted by Crippen LogP contribution is -2.52. The lowest BCUT2D eigenvalue weighted by molar-refractivity contribution is -0.141. The second-order valence-corrected chi connectivity index (χ2v) is 8.99. The first kappa shape index (κ1) is 16.5. The van der Waals surface area contributed by atoms with Crippen molar-refractivity contribution in [2.24, 2.45) is 16.7 Å². The highest BCUT2D eigenvalue weighted by molar-refractivity contribution is 5.87. The quantitative estimate of drug-likeness (QED) is 0.825. The maximum atomic E-state index is 13.3. The molecule has 1 aromatic heterocycles. The number of carbonyl (C=O) groups excluding carboxylic acids is 1. The Morgan fingerprint density at radius 3 is 2.42 bits per heavy atom. The molecule has 0 aromatic carbocycles. The van der Waals surface area contributed by atoms with Crippen molar-refractivity contribution < 1.29 is 4.79 Å². The number of carbonyl (C=O) groups is 1. The van der Waals surface area contributed by atoms with E-state index in [-0.39, 0.29) is 10.8 Å². The monoisotopic (exact) mass is 355 g/mol. The van der Waals surface area contributed by atoms with Crippen LogP contribution in [0.25, 0.3) is 0 Å². The molecule has 6 heteroatoms. The SMILES string of the molecule is CN1CC[C@]2(CN(c3ncccn3)CC23CCN(CC2CC2)CC3)C1=O. The molecule has 0 unspecified atom stereocenters. The Balaban J connectivity index is 1.43. The fraction of sp³-hybridized carbons (Fsp3) is 0.750. The average Bonchev–Trinajstić information content (AvgIpc) is 3.37. The van der Waals surface area contributed by atoms with Crippen molar-refractivity contribution in [3.8, 4) is 0 Å². The summed E-state index contributed by atoms with van der Waals surface area (Å²) in [7, 11) is 1.97. The van der Waals surface area contributed by atoms with Crippen LogP contribution in [0.1, 0.15) is 32.1 Å². The van der Waals surface area contributed by atoms with Crippen LogP contribution < -0.4 is 4.90 Å². The predicted molar refractivity (Wildman–Crippen MR) is 99.8 cm³/mol. The highest BCUT2D eigenvalue weighted by Gasteiger charge is 2.65. The van der Waals surface area contributed by atoms with Crippen LogP contribution in [0.2, 0.25) is 0 Å².